The number of hydrogen-bond acceptors (Lipinski definition) is 5. The fourth-order valence-electron chi connectivity index (χ4n) is 2.68. The molecule has 108 valence electrons. The molecule has 0 saturated carbocycles. The molecule has 5 aromatic rings. The van der Waals surface area contributed by atoms with E-state index in [1.54, 1.807) is 10.7 Å². The zero-order valence-corrected chi connectivity index (χ0v) is 12.0. The molecular weight excluding hydrogens is 288 g/mol. The summed E-state index contributed by atoms with van der Waals surface area (Å²) in [5, 5.41) is 13.0. The molecule has 0 atom stereocenters. The van der Waals surface area contributed by atoms with E-state index in [-0.39, 0.29) is 0 Å². The lowest BCUT2D eigenvalue weighted by molar-refractivity contribution is 0.941. The van der Waals surface area contributed by atoms with Crippen LogP contribution in [0.3, 0.4) is 0 Å². The topological polar surface area (TPSA) is 68.9 Å². The fourth-order valence-corrected chi connectivity index (χ4v) is 2.68. The van der Waals surface area contributed by atoms with E-state index in [9.17, 15) is 0 Å². The number of para-hydroxylation sites is 2. The van der Waals surface area contributed by atoms with Gasteiger partial charge in [0.15, 0.2) is 5.82 Å². The molecule has 6 nitrogen and oxygen atoms in total. The van der Waals surface area contributed by atoms with Gasteiger partial charge >= 0.3 is 0 Å². The summed E-state index contributed by atoms with van der Waals surface area (Å²) in [6, 6.07) is 17.6. The fraction of sp³-hybridized carbons (Fsp3) is 0. The minimum Gasteiger partial charge on any atom is -0.243 e. The first-order valence-electron chi connectivity index (χ1n) is 7.22. The van der Waals surface area contributed by atoms with E-state index in [1.165, 1.54) is 0 Å². The van der Waals surface area contributed by atoms with Gasteiger partial charge in [0, 0.05) is 5.56 Å². The lowest BCUT2D eigenvalue weighted by atomic mass is 10.2. The molecule has 5 rings (SSSR count). The monoisotopic (exact) mass is 298 g/mol. The Bertz CT molecular complexity index is 1160. The van der Waals surface area contributed by atoms with Crippen LogP contribution in [0.25, 0.3) is 39.1 Å². The van der Waals surface area contributed by atoms with Gasteiger partial charge in [0.05, 0.1) is 17.2 Å². The summed E-state index contributed by atoms with van der Waals surface area (Å²) in [5.74, 6) is 0.692. The highest BCUT2D eigenvalue weighted by Crippen LogP contribution is 2.22. The molecule has 0 saturated heterocycles. The molecule has 0 amide bonds. The highest BCUT2D eigenvalue weighted by Gasteiger charge is 2.13. The van der Waals surface area contributed by atoms with E-state index in [4.69, 9.17) is 0 Å². The number of hydrogen-bond donors (Lipinski definition) is 0. The summed E-state index contributed by atoms with van der Waals surface area (Å²) in [5.41, 5.74) is 4.66. The zero-order valence-electron chi connectivity index (χ0n) is 12.0. The molecule has 2 aromatic carbocycles. The molecule has 3 aromatic heterocycles. The standard InChI is InChI=1S/C17H10N6/c1-2-6-11(7-3-1)16-21-22-17-15-14(10-18-23(16)17)19-12-8-4-5-9-13(12)20-15/h1-10H. The lowest BCUT2D eigenvalue weighted by Gasteiger charge is -2.02. The SMILES string of the molecule is c1ccc(-c2nnc3c4nc5ccccc5nc4cnn23)cc1. The van der Waals surface area contributed by atoms with Crippen LogP contribution >= 0.6 is 0 Å². The summed E-state index contributed by atoms with van der Waals surface area (Å²) in [4.78, 5) is 9.29. The van der Waals surface area contributed by atoms with Crippen LogP contribution in [0.1, 0.15) is 0 Å². The van der Waals surface area contributed by atoms with Crippen LogP contribution in [-0.2, 0) is 0 Å². The van der Waals surface area contributed by atoms with Crippen LogP contribution in [0.2, 0.25) is 0 Å². The van der Waals surface area contributed by atoms with Gasteiger partial charge in [-0.2, -0.15) is 9.61 Å². The lowest BCUT2D eigenvalue weighted by Crippen LogP contribution is -1.98. The van der Waals surface area contributed by atoms with Crippen LogP contribution < -0.4 is 0 Å². The molecule has 0 fully saturated rings. The second-order valence-corrected chi connectivity index (χ2v) is 5.22. The zero-order chi connectivity index (χ0) is 15.2. The molecule has 0 N–H and O–H groups in total. The average molecular weight is 298 g/mol. The second-order valence-electron chi connectivity index (χ2n) is 5.22. The number of rotatable bonds is 1. The number of benzene rings is 2. The van der Waals surface area contributed by atoms with Crippen molar-refractivity contribution in [1.29, 1.82) is 0 Å². The van der Waals surface area contributed by atoms with Crippen LogP contribution in [-0.4, -0.2) is 29.8 Å². The minimum atomic E-state index is 0.611. The third kappa shape index (κ3) is 1.78. The van der Waals surface area contributed by atoms with Crippen LogP contribution in [0.15, 0.2) is 60.8 Å². The van der Waals surface area contributed by atoms with Gasteiger partial charge in [0.2, 0.25) is 5.65 Å². The van der Waals surface area contributed by atoms with Crippen molar-refractivity contribution in [1.82, 2.24) is 29.8 Å². The van der Waals surface area contributed by atoms with Gasteiger partial charge in [0.1, 0.15) is 11.0 Å². The smallest absolute Gasteiger partial charge is 0.206 e. The maximum atomic E-state index is 4.69. The van der Waals surface area contributed by atoms with Crippen LogP contribution in [0.4, 0.5) is 0 Å². The van der Waals surface area contributed by atoms with Gasteiger partial charge in [0.25, 0.3) is 0 Å². The van der Waals surface area contributed by atoms with Crippen molar-refractivity contribution in [3.05, 3.63) is 60.8 Å². The Morgan fingerprint density at radius 2 is 1.43 bits per heavy atom. The summed E-state index contributed by atoms with van der Waals surface area (Å²) < 4.78 is 1.71. The van der Waals surface area contributed by atoms with E-state index < -0.39 is 0 Å². The molecule has 3 heterocycles. The molecule has 6 heteroatoms. The molecule has 0 spiro atoms. The normalized spacial score (nSPS) is 11.5. The molecule has 0 aliphatic heterocycles. The van der Waals surface area contributed by atoms with Crippen molar-refractivity contribution in [2.24, 2.45) is 0 Å². The van der Waals surface area contributed by atoms with Crippen molar-refractivity contribution in [3.8, 4) is 11.4 Å². The van der Waals surface area contributed by atoms with Gasteiger partial charge in [-0.15, -0.1) is 10.2 Å². The Kier molecular flexibility index (Phi) is 2.40. The van der Waals surface area contributed by atoms with Gasteiger partial charge < -0.3 is 0 Å². The van der Waals surface area contributed by atoms with Gasteiger partial charge in [-0.05, 0) is 12.1 Å². The largest absolute Gasteiger partial charge is 0.243 e. The van der Waals surface area contributed by atoms with Crippen LogP contribution in [0.5, 0.6) is 0 Å². The van der Waals surface area contributed by atoms with E-state index in [0.717, 1.165) is 16.6 Å². The Morgan fingerprint density at radius 1 is 0.696 bits per heavy atom. The van der Waals surface area contributed by atoms with Crippen molar-refractivity contribution >= 4 is 27.7 Å². The molecular formula is C17H10N6. The number of nitrogens with zero attached hydrogens (tertiary/aromatic N) is 6. The van der Waals surface area contributed by atoms with Crippen molar-refractivity contribution in [2.45, 2.75) is 0 Å². The van der Waals surface area contributed by atoms with Gasteiger partial charge in [-0.1, -0.05) is 42.5 Å². The highest BCUT2D eigenvalue weighted by molar-refractivity contribution is 5.93. The van der Waals surface area contributed by atoms with E-state index in [0.29, 0.717) is 22.5 Å². The maximum absolute atomic E-state index is 4.69. The third-order valence-corrected chi connectivity index (χ3v) is 3.78. The first kappa shape index (κ1) is 12.2. The minimum absolute atomic E-state index is 0.611. The molecule has 0 radical (unpaired) electrons. The summed E-state index contributed by atoms with van der Waals surface area (Å²) >= 11 is 0. The third-order valence-electron chi connectivity index (χ3n) is 3.78. The summed E-state index contributed by atoms with van der Waals surface area (Å²) in [6.45, 7) is 0. The Labute approximate surface area is 130 Å². The molecule has 23 heavy (non-hydrogen) atoms. The van der Waals surface area contributed by atoms with Crippen LogP contribution in [0, 0.1) is 0 Å². The quantitative estimate of drug-likeness (QED) is 0.445. The van der Waals surface area contributed by atoms with Gasteiger partial charge in [-0.25, -0.2) is 9.97 Å². The number of aromatic nitrogens is 6. The maximum Gasteiger partial charge on any atom is 0.206 e. The Morgan fingerprint density at radius 3 is 2.26 bits per heavy atom. The molecule has 0 bridgehead atoms. The molecule has 0 unspecified atom stereocenters. The first-order chi connectivity index (χ1) is 11.4. The molecule has 0 aliphatic rings. The second kappa shape index (κ2) is 4.54. The van der Waals surface area contributed by atoms with Crippen molar-refractivity contribution in [3.63, 3.8) is 0 Å². The van der Waals surface area contributed by atoms with Crippen molar-refractivity contribution in [2.75, 3.05) is 0 Å². The first-order valence-corrected chi connectivity index (χ1v) is 7.22. The number of fused-ring (bicyclic) bond motifs is 4. The highest BCUT2D eigenvalue weighted by atomic mass is 15.4. The summed E-state index contributed by atoms with van der Waals surface area (Å²) in [6.07, 6.45) is 1.71. The molecule has 0 aliphatic carbocycles. The van der Waals surface area contributed by atoms with Gasteiger partial charge in [-0.3, -0.25) is 0 Å². The Hall–Kier alpha value is -3.41. The predicted octanol–water partition coefficient (Wildman–Crippen LogP) is 2.89. The predicted molar refractivity (Wildman–Crippen MR) is 86.8 cm³/mol. The van der Waals surface area contributed by atoms with Crippen molar-refractivity contribution < 1.29 is 0 Å². The summed E-state index contributed by atoms with van der Waals surface area (Å²) in [7, 11) is 0. The van der Waals surface area contributed by atoms with E-state index in [2.05, 4.69) is 25.3 Å². The average Bonchev–Trinajstić information content (AvgIpc) is 3.05. The Balaban J connectivity index is 1.87. The van der Waals surface area contributed by atoms with E-state index in [1.807, 2.05) is 54.6 Å². The van der Waals surface area contributed by atoms with E-state index >= 15 is 0 Å².